The van der Waals surface area contributed by atoms with Crippen molar-refractivity contribution in [2.24, 2.45) is 0 Å². The van der Waals surface area contributed by atoms with E-state index in [0.29, 0.717) is 12.5 Å². The van der Waals surface area contributed by atoms with Crippen LogP contribution in [0, 0.1) is 6.92 Å². The number of likely N-dealkylation sites (N-methyl/N-ethyl adjacent to an activating group) is 1. The number of nitrogens with one attached hydrogen (secondary N) is 1. The summed E-state index contributed by atoms with van der Waals surface area (Å²) in [5.74, 6) is 0.703. The number of anilines is 1. The molecule has 0 fully saturated rings. The Morgan fingerprint density at radius 1 is 1.07 bits per heavy atom. The lowest BCUT2D eigenvalue weighted by atomic mass is 10.1. The Morgan fingerprint density at radius 2 is 1.74 bits per heavy atom. The summed E-state index contributed by atoms with van der Waals surface area (Å²) in [7, 11) is 0. The fraction of sp³-hybridized carbons (Fsp3) is 0.409. The number of quaternary nitrogens is 1. The van der Waals surface area contributed by atoms with E-state index in [0.717, 1.165) is 42.8 Å². The molecule has 2 aromatic carbocycles. The molecule has 0 aliphatic rings. The van der Waals surface area contributed by atoms with Crippen LogP contribution in [0.4, 0.5) is 5.95 Å². The average Bonchev–Trinajstić information content (AvgIpc) is 2.95. The fourth-order valence-corrected chi connectivity index (χ4v) is 3.68. The lowest BCUT2D eigenvalue weighted by molar-refractivity contribution is -0.897. The van der Waals surface area contributed by atoms with Gasteiger partial charge in [0, 0.05) is 0 Å². The molecule has 0 spiro atoms. The first-order chi connectivity index (χ1) is 13.0. The molecule has 0 unspecified atom stereocenters. The van der Waals surface area contributed by atoms with Gasteiger partial charge >= 0.3 is 5.95 Å². The normalized spacial score (nSPS) is 12.8. The lowest BCUT2D eigenvalue weighted by Crippen LogP contribution is -3.11. The summed E-state index contributed by atoms with van der Waals surface area (Å²) in [5.41, 5.74) is 10.8. The molecule has 3 aromatic rings. The third-order valence-corrected chi connectivity index (χ3v) is 5.52. The molecular weight excluding hydrogens is 336 g/mol. The maximum absolute atomic E-state index is 10.8. The highest BCUT2D eigenvalue weighted by molar-refractivity contribution is 5.73. The van der Waals surface area contributed by atoms with Crippen molar-refractivity contribution >= 4 is 17.0 Å². The Morgan fingerprint density at radius 3 is 2.41 bits per heavy atom. The Labute approximate surface area is 161 Å². The first-order valence-corrected chi connectivity index (χ1v) is 9.89. The van der Waals surface area contributed by atoms with Gasteiger partial charge in [-0.25, -0.2) is 9.13 Å². The van der Waals surface area contributed by atoms with Crippen molar-refractivity contribution in [3.05, 3.63) is 59.7 Å². The number of nitrogen functional groups attached to an aromatic ring is 1. The van der Waals surface area contributed by atoms with E-state index in [9.17, 15) is 5.11 Å². The van der Waals surface area contributed by atoms with Gasteiger partial charge in [-0.05, 0) is 38.5 Å². The number of nitrogens with zero attached hydrogens (tertiary/aromatic N) is 2. The van der Waals surface area contributed by atoms with Gasteiger partial charge in [0.25, 0.3) is 0 Å². The van der Waals surface area contributed by atoms with Crippen molar-refractivity contribution in [3.63, 3.8) is 0 Å². The molecule has 0 bridgehead atoms. The number of rotatable bonds is 8. The Bertz CT molecular complexity index is 881. The molecule has 0 radical (unpaired) electrons. The molecule has 1 heterocycles. The van der Waals surface area contributed by atoms with Crippen molar-refractivity contribution in [1.82, 2.24) is 4.57 Å². The number of para-hydroxylation sites is 2. The summed E-state index contributed by atoms with van der Waals surface area (Å²) in [5, 5.41) is 10.8. The minimum absolute atomic E-state index is 0.445. The molecule has 5 nitrogen and oxygen atoms in total. The van der Waals surface area contributed by atoms with E-state index >= 15 is 0 Å². The second-order valence-corrected chi connectivity index (χ2v) is 7.24. The lowest BCUT2D eigenvalue weighted by Gasteiger charge is -2.14. The van der Waals surface area contributed by atoms with E-state index in [1.807, 2.05) is 47.9 Å². The summed E-state index contributed by atoms with van der Waals surface area (Å²) in [6, 6.07) is 16.3. The van der Waals surface area contributed by atoms with E-state index in [4.69, 9.17) is 5.73 Å². The number of fused-ring (bicyclic) bond motifs is 1. The van der Waals surface area contributed by atoms with Crippen molar-refractivity contribution in [3.8, 4) is 0 Å². The van der Waals surface area contributed by atoms with Crippen LogP contribution in [0.5, 0.6) is 0 Å². The van der Waals surface area contributed by atoms with Crippen LogP contribution in [0.1, 0.15) is 31.1 Å². The quantitative estimate of drug-likeness (QED) is 0.528. The molecule has 1 aromatic heterocycles. The number of hydrogen-bond donors (Lipinski definition) is 3. The van der Waals surface area contributed by atoms with Crippen LogP contribution in [-0.4, -0.2) is 29.3 Å². The predicted octanol–water partition coefficient (Wildman–Crippen LogP) is 1.48. The topological polar surface area (TPSA) is 59.5 Å². The first kappa shape index (κ1) is 19.4. The maximum atomic E-state index is 10.8. The minimum Gasteiger partial charge on any atom is -0.385 e. The summed E-state index contributed by atoms with van der Waals surface area (Å²) in [6.45, 7) is 11.1. The van der Waals surface area contributed by atoms with Gasteiger partial charge in [0.1, 0.15) is 36.8 Å². The second-order valence-electron chi connectivity index (χ2n) is 7.24. The average molecular weight is 369 g/mol. The highest BCUT2D eigenvalue weighted by Gasteiger charge is 2.24. The van der Waals surface area contributed by atoms with Crippen molar-refractivity contribution in [2.75, 3.05) is 25.4 Å². The number of aliphatic hydroxyl groups excluding tert-OH is 1. The molecule has 4 N–H and O–H groups in total. The molecule has 3 rings (SSSR count). The number of hydrogen-bond acceptors (Lipinski definition) is 2. The predicted molar refractivity (Wildman–Crippen MR) is 110 cm³/mol. The summed E-state index contributed by atoms with van der Waals surface area (Å²) in [4.78, 5) is 1.55. The molecule has 0 saturated carbocycles. The van der Waals surface area contributed by atoms with Gasteiger partial charge in [-0.1, -0.05) is 42.0 Å². The van der Waals surface area contributed by atoms with E-state index in [-0.39, 0.29) is 0 Å². The molecule has 1 atom stereocenters. The number of nitrogens with two attached hydrogens (primary N) is 1. The monoisotopic (exact) mass is 368 g/mol. The third-order valence-electron chi connectivity index (χ3n) is 5.52. The van der Waals surface area contributed by atoms with Gasteiger partial charge < -0.3 is 10.0 Å². The number of aryl methyl sites for hydroxylation is 1. The summed E-state index contributed by atoms with van der Waals surface area (Å²) < 4.78 is 4.22. The molecule has 0 aliphatic heterocycles. The van der Waals surface area contributed by atoms with E-state index in [1.165, 1.54) is 5.56 Å². The van der Waals surface area contributed by atoms with Crippen molar-refractivity contribution < 1.29 is 14.6 Å². The Kier molecular flexibility index (Phi) is 6.14. The largest absolute Gasteiger partial charge is 0.385 e. The Balaban J connectivity index is 1.91. The zero-order valence-electron chi connectivity index (χ0n) is 16.7. The number of aromatic nitrogens is 2. The third kappa shape index (κ3) is 4.15. The fourth-order valence-electron chi connectivity index (χ4n) is 3.68. The highest BCUT2D eigenvalue weighted by atomic mass is 16.3. The molecule has 5 heteroatoms. The number of aliphatic hydroxyl groups is 1. The van der Waals surface area contributed by atoms with Gasteiger partial charge in [-0.15, -0.1) is 0 Å². The highest BCUT2D eigenvalue weighted by Crippen LogP contribution is 2.19. The Hall–Kier alpha value is -2.37. The maximum Gasteiger partial charge on any atom is 0.356 e. The van der Waals surface area contributed by atoms with Gasteiger partial charge in [0.2, 0.25) is 0 Å². The van der Waals surface area contributed by atoms with Gasteiger partial charge in [-0.3, -0.25) is 5.73 Å². The first-order valence-electron chi connectivity index (χ1n) is 9.89. The van der Waals surface area contributed by atoms with Gasteiger partial charge in [0.05, 0.1) is 13.1 Å². The van der Waals surface area contributed by atoms with Crippen LogP contribution in [-0.2, 0) is 13.1 Å². The molecule has 144 valence electrons. The number of imidazole rings is 1. The van der Waals surface area contributed by atoms with Crippen LogP contribution in [0.25, 0.3) is 11.0 Å². The van der Waals surface area contributed by atoms with E-state index in [2.05, 4.69) is 30.5 Å². The standard InChI is InChI=1S/C22H30N4O/c1-4-24(5-2)14-15-25-19-8-6-7-9-20(19)26(22(25)23)16-21(27)18-12-10-17(3)11-13-18/h6-13,21,23,27H,4-5,14-16H2,1-3H3/p+2/t21-/m1/s1. The van der Waals surface area contributed by atoms with Crippen LogP contribution in [0.2, 0.25) is 0 Å². The van der Waals surface area contributed by atoms with Crippen LogP contribution < -0.4 is 15.2 Å². The summed E-state index contributed by atoms with van der Waals surface area (Å²) in [6.07, 6.45) is -0.592. The molecular formula is C22H32N4O+2. The zero-order valence-corrected chi connectivity index (χ0v) is 16.7. The smallest absolute Gasteiger partial charge is 0.356 e. The van der Waals surface area contributed by atoms with Crippen LogP contribution >= 0.6 is 0 Å². The molecule has 0 saturated heterocycles. The van der Waals surface area contributed by atoms with Gasteiger partial charge in [-0.2, -0.15) is 0 Å². The zero-order chi connectivity index (χ0) is 19.4. The van der Waals surface area contributed by atoms with Crippen molar-refractivity contribution in [2.45, 2.75) is 40.0 Å². The molecule has 0 amide bonds. The number of benzene rings is 2. The van der Waals surface area contributed by atoms with Crippen LogP contribution in [0.3, 0.4) is 0 Å². The summed E-state index contributed by atoms with van der Waals surface area (Å²) >= 11 is 0. The SMILES string of the molecule is CC[NH+](CC)CCn1c(N)[n+](C[C@@H](O)c2ccc(C)cc2)c2ccccc21. The molecule has 0 aliphatic carbocycles. The van der Waals surface area contributed by atoms with E-state index < -0.39 is 6.10 Å². The minimum atomic E-state index is -0.592. The van der Waals surface area contributed by atoms with Crippen molar-refractivity contribution in [1.29, 1.82) is 0 Å². The van der Waals surface area contributed by atoms with E-state index in [1.54, 1.807) is 4.90 Å². The second kappa shape index (κ2) is 8.55. The molecule has 27 heavy (non-hydrogen) atoms. The van der Waals surface area contributed by atoms with Crippen LogP contribution in [0.15, 0.2) is 48.5 Å². The van der Waals surface area contributed by atoms with Gasteiger partial charge in [0.15, 0.2) is 0 Å².